The lowest BCUT2D eigenvalue weighted by Crippen LogP contribution is -2.59. The van der Waals surface area contributed by atoms with Crippen molar-refractivity contribution in [3.8, 4) is 0 Å². The van der Waals surface area contributed by atoms with Gasteiger partial charge in [-0.05, 0) is 55.9 Å². The lowest BCUT2D eigenvalue weighted by molar-refractivity contribution is -0.144. The molecule has 1 heterocycles. The van der Waals surface area contributed by atoms with Crippen molar-refractivity contribution < 1.29 is 38.7 Å². The van der Waals surface area contributed by atoms with E-state index in [0.717, 1.165) is 5.56 Å². The summed E-state index contributed by atoms with van der Waals surface area (Å²) in [6, 6.07) is 1.78. The number of hydrogen-bond acceptors (Lipinski definition) is 9. The number of likely N-dealkylation sites (tertiary alicyclic amines) is 1. The van der Waals surface area contributed by atoms with Crippen molar-refractivity contribution in [2.75, 3.05) is 12.3 Å². The third-order valence-corrected chi connectivity index (χ3v) is 9.84. The molecule has 0 radical (unpaired) electrons. The van der Waals surface area contributed by atoms with Gasteiger partial charge in [0.05, 0.1) is 6.04 Å². The number of benzene rings is 1. The van der Waals surface area contributed by atoms with Crippen LogP contribution >= 0.6 is 12.6 Å². The van der Waals surface area contributed by atoms with Gasteiger partial charge in [-0.2, -0.15) is 12.6 Å². The number of carbonyl (C=O) groups excluding carboxylic acids is 6. The van der Waals surface area contributed by atoms with Crippen molar-refractivity contribution in [3.05, 3.63) is 35.9 Å². The Bertz CT molecular complexity index is 1450. The van der Waals surface area contributed by atoms with Crippen LogP contribution in [0.25, 0.3) is 0 Å². The molecule has 54 heavy (non-hydrogen) atoms. The highest BCUT2D eigenvalue weighted by Crippen LogP contribution is 2.19. The van der Waals surface area contributed by atoms with Gasteiger partial charge in [0, 0.05) is 18.7 Å². The predicted molar refractivity (Wildman–Crippen MR) is 208 cm³/mol. The standard InChI is InChI=1S/C38H61N7O8S/c1-8-23(6)31(38(52)53)44-35(49)29(20-54)43-36(50)30-15-12-16-45(30)37(51)24(7)40-33(47)28(19-25-13-10-9-11-14-25)42-34(48)27(18-22(4)5)41-32(46)26(39)17-21(2)3/h9-11,13-14,21-24,26-31,54H,8,12,15-20,39H2,1-7H3,(H,40,47)(H,41,46)(H,42,48)(H,43,50)(H,44,49)(H,52,53)/t23-,24-,26-,27-,28-,29-,30-,31-/m0/s1. The van der Waals surface area contributed by atoms with Gasteiger partial charge in [0.1, 0.15) is 36.3 Å². The fourth-order valence-corrected chi connectivity index (χ4v) is 6.51. The van der Waals surface area contributed by atoms with Gasteiger partial charge in [-0.15, -0.1) is 0 Å². The molecule has 1 aliphatic rings. The lowest BCUT2D eigenvalue weighted by Gasteiger charge is -2.30. The van der Waals surface area contributed by atoms with Gasteiger partial charge >= 0.3 is 5.97 Å². The molecule has 0 aliphatic carbocycles. The van der Waals surface area contributed by atoms with E-state index in [4.69, 9.17) is 5.73 Å². The molecular weight excluding hydrogens is 715 g/mol. The van der Waals surface area contributed by atoms with E-state index in [1.807, 2.05) is 33.8 Å². The van der Waals surface area contributed by atoms with Gasteiger partial charge in [-0.25, -0.2) is 4.79 Å². The zero-order chi connectivity index (χ0) is 40.7. The van der Waals surface area contributed by atoms with Gasteiger partial charge in [-0.1, -0.05) is 78.3 Å². The Morgan fingerprint density at radius 1 is 0.796 bits per heavy atom. The molecule has 0 aromatic heterocycles. The van der Waals surface area contributed by atoms with Crippen LogP contribution in [0.4, 0.5) is 0 Å². The number of carbonyl (C=O) groups is 7. The van der Waals surface area contributed by atoms with E-state index >= 15 is 0 Å². The molecule has 1 aromatic rings. The van der Waals surface area contributed by atoms with Crippen molar-refractivity contribution >= 4 is 54.0 Å². The molecule has 6 amide bonds. The van der Waals surface area contributed by atoms with Crippen LogP contribution in [0.2, 0.25) is 0 Å². The Morgan fingerprint density at radius 3 is 1.93 bits per heavy atom. The summed E-state index contributed by atoms with van der Waals surface area (Å²) in [7, 11) is 0. The molecule has 0 bridgehead atoms. The van der Waals surface area contributed by atoms with E-state index in [2.05, 4.69) is 39.2 Å². The van der Waals surface area contributed by atoms with E-state index in [0.29, 0.717) is 32.1 Å². The number of aliphatic carboxylic acids is 1. The number of thiol groups is 1. The second-order valence-corrected chi connectivity index (χ2v) is 15.4. The van der Waals surface area contributed by atoms with Crippen LogP contribution < -0.4 is 32.3 Å². The number of nitrogens with one attached hydrogen (secondary N) is 5. The summed E-state index contributed by atoms with van der Waals surface area (Å²) in [5.74, 6) is -4.99. The summed E-state index contributed by atoms with van der Waals surface area (Å²) in [4.78, 5) is 93.6. The SMILES string of the molecule is CC[C@H](C)[C@H](NC(=O)[C@H](CS)NC(=O)[C@@H]1CCCN1C(=O)[C@H](C)NC(=O)[C@H](Cc1ccccc1)NC(=O)[C@H](CC(C)C)NC(=O)[C@@H](N)CC(C)C)C(=O)O. The highest BCUT2D eigenvalue weighted by molar-refractivity contribution is 7.80. The Hall–Kier alpha value is -4.18. The van der Waals surface area contributed by atoms with Gasteiger partial charge in [0.25, 0.3) is 0 Å². The summed E-state index contributed by atoms with van der Waals surface area (Å²) < 4.78 is 0. The average molecular weight is 776 g/mol. The molecule has 1 saturated heterocycles. The Kier molecular flexibility index (Phi) is 19.0. The van der Waals surface area contributed by atoms with Crippen molar-refractivity contribution in [1.29, 1.82) is 0 Å². The van der Waals surface area contributed by atoms with E-state index in [1.54, 1.807) is 38.1 Å². The van der Waals surface area contributed by atoms with Crippen molar-refractivity contribution in [2.45, 2.75) is 129 Å². The zero-order valence-electron chi connectivity index (χ0n) is 32.6. The highest BCUT2D eigenvalue weighted by atomic mass is 32.1. The maximum absolute atomic E-state index is 13.8. The summed E-state index contributed by atoms with van der Waals surface area (Å²) in [6.45, 7) is 12.9. The molecule has 0 unspecified atom stereocenters. The summed E-state index contributed by atoms with van der Waals surface area (Å²) >= 11 is 4.19. The van der Waals surface area contributed by atoms with Crippen LogP contribution in [0.5, 0.6) is 0 Å². The van der Waals surface area contributed by atoms with E-state index in [-0.39, 0.29) is 36.5 Å². The Balaban J connectivity index is 2.20. The monoisotopic (exact) mass is 775 g/mol. The second-order valence-electron chi connectivity index (χ2n) is 15.1. The molecule has 1 fully saturated rings. The number of rotatable bonds is 21. The molecule has 8 N–H and O–H groups in total. The lowest BCUT2D eigenvalue weighted by atomic mass is 9.99. The maximum Gasteiger partial charge on any atom is 0.326 e. The van der Waals surface area contributed by atoms with Gasteiger partial charge in [-0.3, -0.25) is 28.8 Å². The molecule has 8 atom stereocenters. The molecule has 0 spiro atoms. The number of hydrogen-bond donors (Lipinski definition) is 8. The minimum atomic E-state index is -1.19. The molecular formula is C38H61N7O8S. The predicted octanol–water partition coefficient (Wildman–Crippen LogP) is 1.14. The van der Waals surface area contributed by atoms with E-state index < -0.39 is 83.7 Å². The van der Waals surface area contributed by atoms with Crippen LogP contribution in [0.1, 0.15) is 86.1 Å². The van der Waals surface area contributed by atoms with E-state index in [1.165, 1.54) is 11.8 Å². The van der Waals surface area contributed by atoms with Gasteiger partial charge in [0.2, 0.25) is 35.4 Å². The molecule has 1 aromatic carbocycles. The van der Waals surface area contributed by atoms with Crippen LogP contribution in [0.15, 0.2) is 30.3 Å². The molecule has 16 heteroatoms. The molecule has 15 nitrogen and oxygen atoms in total. The van der Waals surface area contributed by atoms with E-state index in [9.17, 15) is 38.7 Å². The third kappa shape index (κ3) is 14.2. The highest BCUT2D eigenvalue weighted by Gasteiger charge is 2.39. The third-order valence-electron chi connectivity index (χ3n) is 9.48. The first kappa shape index (κ1) is 46.0. The fraction of sp³-hybridized carbons (Fsp3) is 0.658. The Labute approximate surface area is 324 Å². The van der Waals surface area contributed by atoms with Crippen LogP contribution in [-0.4, -0.2) is 106 Å². The smallest absolute Gasteiger partial charge is 0.326 e. The largest absolute Gasteiger partial charge is 0.480 e. The average Bonchev–Trinajstić information content (AvgIpc) is 3.61. The number of nitrogens with zero attached hydrogens (tertiary/aromatic N) is 1. The van der Waals surface area contributed by atoms with Gasteiger partial charge in [0.15, 0.2) is 0 Å². The van der Waals surface area contributed by atoms with Gasteiger partial charge < -0.3 is 42.3 Å². The molecule has 0 saturated carbocycles. The fourth-order valence-electron chi connectivity index (χ4n) is 6.25. The summed E-state index contributed by atoms with van der Waals surface area (Å²) in [5.41, 5.74) is 6.84. The summed E-state index contributed by atoms with van der Waals surface area (Å²) in [6.07, 6.45) is 2.13. The molecule has 2 rings (SSSR count). The van der Waals surface area contributed by atoms with Crippen LogP contribution in [-0.2, 0) is 40.0 Å². The molecule has 302 valence electrons. The molecule has 1 aliphatic heterocycles. The number of nitrogens with two attached hydrogens (primary N) is 1. The van der Waals surface area contributed by atoms with Crippen LogP contribution in [0.3, 0.4) is 0 Å². The Morgan fingerprint density at radius 2 is 1.37 bits per heavy atom. The number of amides is 6. The second kappa shape index (κ2) is 22.3. The number of carboxylic acid groups (broad SMARTS) is 1. The van der Waals surface area contributed by atoms with Crippen LogP contribution in [0, 0.1) is 17.8 Å². The first-order chi connectivity index (χ1) is 25.4. The quantitative estimate of drug-likeness (QED) is 0.0837. The topological polar surface area (TPSA) is 229 Å². The zero-order valence-corrected chi connectivity index (χ0v) is 33.5. The normalized spacial score (nSPS) is 18.1. The van der Waals surface area contributed by atoms with Crippen molar-refractivity contribution in [1.82, 2.24) is 31.5 Å². The summed E-state index contributed by atoms with van der Waals surface area (Å²) in [5, 5.41) is 22.9. The van der Waals surface area contributed by atoms with Crippen molar-refractivity contribution in [2.24, 2.45) is 23.5 Å². The first-order valence-electron chi connectivity index (χ1n) is 18.8. The number of carboxylic acids is 1. The first-order valence-corrected chi connectivity index (χ1v) is 19.5. The minimum absolute atomic E-state index is 0.0239. The maximum atomic E-state index is 13.8. The minimum Gasteiger partial charge on any atom is -0.480 e. The van der Waals surface area contributed by atoms with Crippen molar-refractivity contribution in [3.63, 3.8) is 0 Å².